The number of esters is 1. The second-order valence-electron chi connectivity index (χ2n) is 5.36. The molecule has 1 aromatic rings. The molecule has 3 rings (SSSR count). The number of hydrogen-bond acceptors (Lipinski definition) is 5. The van der Waals surface area contributed by atoms with Gasteiger partial charge < -0.3 is 14.4 Å². The minimum atomic E-state index is -0.460. The Hall–Kier alpha value is -1.85. The van der Waals surface area contributed by atoms with Gasteiger partial charge in [-0.15, -0.1) is 0 Å². The first-order valence-electron chi connectivity index (χ1n) is 7.74. The minimum absolute atomic E-state index is 0.262. The van der Waals surface area contributed by atoms with Crippen molar-refractivity contribution in [2.45, 2.75) is 6.92 Å². The van der Waals surface area contributed by atoms with E-state index in [9.17, 15) is 4.79 Å². The van der Waals surface area contributed by atoms with E-state index in [2.05, 4.69) is 4.90 Å². The lowest BCUT2D eigenvalue weighted by atomic mass is 10.1. The van der Waals surface area contributed by atoms with Crippen LogP contribution in [-0.2, 0) is 14.3 Å². The van der Waals surface area contributed by atoms with Gasteiger partial charge in [0, 0.05) is 18.1 Å². The first-order chi connectivity index (χ1) is 11.2. The number of halogens is 1. The smallest absolute Gasteiger partial charge is 0.320 e. The monoisotopic (exact) mass is 334 g/mol. The highest BCUT2D eigenvalue weighted by atomic mass is 35.5. The summed E-state index contributed by atoms with van der Waals surface area (Å²) in [4.78, 5) is 19.1. The lowest BCUT2D eigenvalue weighted by Crippen LogP contribution is -2.44. The third-order valence-electron chi connectivity index (χ3n) is 3.85. The van der Waals surface area contributed by atoms with Crippen LogP contribution in [0.5, 0.6) is 0 Å². The zero-order valence-electron chi connectivity index (χ0n) is 13.0. The van der Waals surface area contributed by atoms with Gasteiger partial charge in [-0.1, -0.05) is 23.7 Å². The van der Waals surface area contributed by atoms with E-state index >= 15 is 0 Å². The summed E-state index contributed by atoms with van der Waals surface area (Å²) in [5.74, 6) is 0.0251. The van der Waals surface area contributed by atoms with E-state index in [1.165, 1.54) is 0 Å². The van der Waals surface area contributed by atoms with Gasteiger partial charge in [-0.05, 0) is 30.7 Å². The minimum Gasteiger partial charge on any atom is -0.465 e. The largest absolute Gasteiger partial charge is 0.465 e. The average molecular weight is 335 g/mol. The molecule has 6 heteroatoms. The molecule has 1 atom stereocenters. The summed E-state index contributed by atoms with van der Waals surface area (Å²) in [6.45, 7) is 4.92. The van der Waals surface area contributed by atoms with E-state index in [-0.39, 0.29) is 5.97 Å². The van der Waals surface area contributed by atoms with Crippen molar-refractivity contribution in [1.82, 2.24) is 4.90 Å². The lowest BCUT2D eigenvalue weighted by molar-refractivity contribution is -0.144. The normalized spacial score (nSPS) is 21.0. The molecular weight excluding hydrogens is 316 g/mol. The third kappa shape index (κ3) is 3.57. The lowest BCUT2D eigenvalue weighted by Gasteiger charge is -2.30. The number of morpholine rings is 1. The van der Waals surface area contributed by atoms with Crippen LogP contribution < -0.4 is 0 Å². The van der Waals surface area contributed by atoms with Crippen LogP contribution in [0.3, 0.4) is 0 Å². The molecule has 0 radical (unpaired) electrons. The van der Waals surface area contributed by atoms with Gasteiger partial charge in [-0.2, -0.15) is 0 Å². The van der Waals surface area contributed by atoms with E-state index < -0.39 is 5.92 Å². The molecule has 122 valence electrons. The molecule has 2 aliphatic heterocycles. The average Bonchev–Trinajstić information content (AvgIpc) is 3.02. The molecule has 0 spiro atoms. The van der Waals surface area contributed by atoms with Crippen molar-refractivity contribution < 1.29 is 14.3 Å². The highest BCUT2D eigenvalue weighted by Gasteiger charge is 2.33. The maximum Gasteiger partial charge on any atom is 0.320 e. The predicted molar refractivity (Wildman–Crippen MR) is 89.4 cm³/mol. The number of carbonyl (C=O) groups is 1. The maximum atomic E-state index is 12.3. The number of benzene rings is 1. The van der Waals surface area contributed by atoms with Crippen molar-refractivity contribution in [2.75, 3.05) is 32.9 Å². The van der Waals surface area contributed by atoms with Gasteiger partial charge in [-0.25, -0.2) is 4.99 Å². The molecule has 0 aromatic heterocycles. The highest BCUT2D eigenvalue weighted by Crippen LogP contribution is 2.29. The van der Waals surface area contributed by atoms with Gasteiger partial charge in [0.05, 0.1) is 25.5 Å². The Morgan fingerprint density at radius 1 is 1.35 bits per heavy atom. The van der Waals surface area contributed by atoms with E-state index in [4.69, 9.17) is 26.1 Å². The fraction of sp³-hybridized carbons (Fsp3) is 0.412. The Morgan fingerprint density at radius 3 is 2.70 bits per heavy atom. The molecule has 0 unspecified atom stereocenters. The molecular formula is C17H19ClN2O3. The third-order valence-corrected chi connectivity index (χ3v) is 4.11. The zero-order valence-corrected chi connectivity index (χ0v) is 13.8. The van der Waals surface area contributed by atoms with Gasteiger partial charge in [0.1, 0.15) is 11.8 Å². The number of hydrogen-bond donors (Lipinski definition) is 0. The number of nitrogens with zero attached hydrogens (tertiary/aromatic N) is 2. The van der Waals surface area contributed by atoms with Crippen molar-refractivity contribution in [1.29, 1.82) is 0 Å². The van der Waals surface area contributed by atoms with Crippen molar-refractivity contribution in [3.05, 3.63) is 40.9 Å². The molecule has 0 amide bonds. The van der Waals surface area contributed by atoms with Crippen molar-refractivity contribution in [2.24, 2.45) is 10.9 Å². The van der Waals surface area contributed by atoms with Crippen molar-refractivity contribution >= 4 is 29.1 Å². The first-order valence-corrected chi connectivity index (χ1v) is 8.12. The van der Waals surface area contributed by atoms with Crippen LogP contribution in [0.25, 0.3) is 5.70 Å². The summed E-state index contributed by atoms with van der Waals surface area (Å²) < 4.78 is 10.6. The van der Waals surface area contributed by atoms with Gasteiger partial charge in [0.2, 0.25) is 0 Å². The first kappa shape index (κ1) is 16.0. The van der Waals surface area contributed by atoms with E-state index in [0.29, 0.717) is 24.8 Å². The molecule has 0 bridgehead atoms. The van der Waals surface area contributed by atoms with Gasteiger partial charge in [0.15, 0.2) is 0 Å². The van der Waals surface area contributed by atoms with E-state index in [1.807, 2.05) is 37.3 Å². The molecule has 0 aliphatic carbocycles. The fourth-order valence-electron chi connectivity index (χ4n) is 2.71. The summed E-state index contributed by atoms with van der Waals surface area (Å²) >= 11 is 5.94. The summed E-state index contributed by atoms with van der Waals surface area (Å²) in [7, 11) is 0. The van der Waals surface area contributed by atoms with Crippen molar-refractivity contribution in [3.63, 3.8) is 0 Å². The fourth-order valence-corrected chi connectivity index (χ4v) is 2.84. The standard InChI is InChI=1S/C17H19ClN2O3/c1-2-23-17(21)14-11-15(12-3-5-13(18)6-4-12)19-16(14)20-7-9-22-10-8-20/h3-6,11,14H,2,7-10H2,1H3/t14-/m0/s1. The van der Waals surface area contributed by atoms with Gasteiger partial charge >= 0.3 is 5.97 Å². The molecule has 23 heavy (non-hydrogen) atoms. The van der Waals surface area contributed by atoms with Crippen LogP contribution in [0.2, 0.25) is 5.02 Å². The Kier molecular flexibility index (Phi) is 4.98. The van der Waals surface area contributed by atoms with Crippen LogP contribution in [0.1, 0.15) is 12.5 Å². The maximum absolute atomic E-state index is 12.3. The summed E-state index contributed by atoms with van der Waals surface area (Å²) in [6.07, 6.45) is 1.87. The summed E-state index contributed by atoms with van der Waals surface area (Å²) in [5.41, 5.74) is 1.72. The number of amidine groups is 1. The summed E-state index contributed by atoms with van der Waals surface area (Å²) in [5, 5.41) is 0.673. The van der Waals surface area contributed by atoms with E-state index in [0.717, 1.165) is 30.2 Å². The molecule has 5 nitrogen and oxygen atoms in total. The van der Waals surface area contributed by atoms with Crippen LogP contribution in [0.4, 0.5) is 0 Å². The summed E-state index contributed by atoms with van der Waals surface area (Å²) in [6, 6.07) is 7.45. The van der Waals surface area contributed by atoms with Gasteiger partial charge in [-0.3, -0.25) is 4.79 Å². The number of carbonyl (C=O) groups excluding carboxylic acids is 1. The molecule has 1 aromatic carbocycles. The molecule has 1 saturated heterocycles. The predicted octanol–water partition coefficient (Wildman–Crippen LogP) is 2.60. The SMILES string of the molecule is CCOC(=O)[C@H]1C=C(c2ccc(Cl)cc2)N=C1N1CCOCC1. The molecule has 2 aliphatic rings. The number of ether oxygens (including phenoxy) is 2. The molecule has 2 heterocycles. The Labute approximate surface area is 140 Å². The second kappa shape index (κ2) is 7.15. The van der Waals surface area contributed by atoms with Crippen LogP contribution in [0.15, 0.2) is 35.3 Å². The van der Waals surface area contributed by atoms with E-state index in [1.54, 1.807) is 0 Å². The number of aliphatic imine (C=N–C) groups is 1. The quantitative estimate of drug-likeness (QED) is 0.797. The van der Waals surface area contributed by atoms with Crippen molar-refractivity contribution in [3.8, 4) is 0 Å². The number of rotatable bonds is 3. The highest BCUT2D eigenvalue weighted by molar-refractivity contribution is 6.30. The molecule has 1 fully saturated rings. The van der Waals surface area contributed by atoms with Crippen LogP contribution in [0, 0.1) is 5.92 Å². The Bertz CT molecular complexity index is 634. The molecule has 0 saturated carbocycles. The molecule has 0 N–H and O–H groups in total. The van der Waals surface area contributed by atoms with Crippen LogP contribution in [-0.4, -0.2) is 49.6 Å². The topological polar surface area (TPSA) is 51.1 Å². The Morgan fingerprint density at radius 2 is 2.04 bits per heavy atom. The Balaban J connectivity index is 1.89. The van der Waals surface area contributed by atoms with Gasteiger partial charge in [0.25, 0.3) is 0 Å². The van der Waals surface area contributed by atoms with Crippen LogP contribution >= 0.6 is 11.6 Å². The zero-order chi connectivity index (χ0) is 16.2. The second-order valence-corrected chi connectivity index (χ2v) is 5.79.